The lowest BCUT2D eigenvalue weighted by atomic mass is 10.2. The molecule has 0 amide bonds. The summed E-state index contributed by atoms with van der Waals surface area (Å²) in [4.78, 5) is 4.56. The smallest absolute Gasteiger partial charge is 0.107 e. The maximum Gasteiger partial charge on any atom is 0.107 e. The van der Waals surface area contributed by atoms with Crippen LogP contribution in [0.3, 0.4) is 0 Å². The van der Waals surface area contributed by atoms with Crippen LogP contribution in [0, 0.1) is 5.92 Å². The quantitative estimate of drug-likeness (QED) is 0.845. The van der Waals surface area contributed by atoms with Gasteiger partial charge in [-0.3, -0.25) is 0 Å². The van der Waals surface area contributed by atoms with Crippen molar-refractivity contribution >= 4 is 34.5 Å². The van der Waals surface area contributed by atoms with Crippen LogP contribution in [0.4, 0.5) is 0 Å². The summed E-state index contributed by atoms with van der Waals surface area (Å²) >= 11 is 13.7. The van der Waals surface area contributed by atoms with Gasteiger partial charge in [-0.15, -0.1) is 11.3 Å². The van der Waals surface area contributed by atoms with E-state index in [1.165, 1.54) is 0 Å². The highest BCUT2D eigenvalue weighted by Crippen LogP contribution is 2.31. The molecule has 0 saturated heterocycles. The van der Waals surface area contributed by atoms with Crippen LogP contribution < -0.4 is 5.32 Å². The largest absolute Gasteiger partial charge is 0.396 e. The number of aliphatic hydroxyl groups is 1. The molecule has 0 aliphatic carbocycles. The van der Waals surface area contributed by atoms with E-state index >= 15 is 0 Å². The second-order valence-corrected chi connectivity index (χ2v) is 6.46. The maximum atomic E-state index is 8.96. The molecule has 108 valence electrons. The first-order valence-electron chi connectivity index (χ1n) is 6.31. The molecule has 6 heteroatoms. The van der Waals surface area contributed by atoms with Crippen LogP contribution in [0.15, 0.2) is 23.6 Å². The van der Waals surface area contributed by atoms with E-state index in [0.29, 0.717) is 16.6 Å². The zero-order chi connectivity index (χ0) is 14.5. The van der Waals surface area contributed by atoms with Crippen LogP contribution in [0.5, 0.6) is 0 Å². The molecular weight excluding hydrogens is 315 g/mol. The van der Waals surface area contributed by atoms with Gasteiger partial charge in [-0.1, -0.05) is 30.1 Å². The lowest BCUT2D eigenvalue weighted by Crippen LogP contribution is -2.22. The molecule has 3 nitrogen and oxygen atoms in total. The van der Waals surface area contributed by atoms with Gasteiger partial charge in [-0.05, 0) is 24.1 Å². The summed E-state index contributed by atoms with van der Waals surface area (Å²) in [6, 6.07) is 5.36. The molecule has 0 fully saturated rings. The molecule has 2 aromatic rings. The second kappa shape index (κ2) is 7.38. The Balaban J connectivity index is 2.03. The third-order valence-corrected chi connectivity index (χ3v) is 4.25. The predicted octanol–water partition coefficient (Wildman–Crippen LogP) is 3.83. The molecule has 0 aliphatic rings. The molecule has 2 N–H and O–H groups in total. The minimum atomic E-state index is 0.189. The Morgan fingerprint density at radius 3 is 2.95 bits per heavy atom. The number of nitrogens with zero attached hydrogens (tertiary/aromatic N) is 1. The molecule has 1 aromatic carbocycles. The van der Waals surface area contributed by atoms with Crippen LogP contribution in [0.1, 0.15) is 11.9 Å². The van der Waals surface area contributed by atoms with E-state index in [9.17, 15) is 0 Å². The van der Waals surface area contributed by atoms with Crippen LogP contribution in [-0.2, 0) is 6.54 Å². The fourth-order valence-electron chi connectivity index (χ4n) is 1.70. The highest BCUT2D eigenvalue weighted by molar-refractivity contribution is 7.09. The Kier molecular flexibility index (Phi) is 5.81. The van der Waals surface area contributed by atoms with Gasteiger partial charge in [-0.25, -0.2) is 4.98 Å². The SMILES string of the molecule is CC(CO)CNCc1nc(-c2cc(Cl)ccc2Cl)cs1. The average molecular weight is 331 g/mol. The van der Waals surface area contributed by atoms with E-state index in [-0.39, 0.29) is 12.5 Å². The highest BCUT2D eigenvalue weighted by Gasteiger charge is 2.09. The van der Waals surface area contributed by atoms with Gasteiger partial charge in [0.2, 0.25) is 0 Å². The van der Waals surface area contributed by atoms with Gasteiger partial charge < -0.3 is 10.4 Å². The molecule has 20 heavy (non-hydrogen) atoms. The zero-order valence-electron chi connectivity index (χ0n) is 11.1. The number of aromatic nitrogens is 1. The molecular formula is C14H16Cl2N2OS. The van der Waals surface area contributed by atoms with Crippen molar-refractivity contribution in [2.24, 2.45) is 5.92 Å². The fourth-order valence-corrected chi connectivity index (χ4v) is 2.85. The monoisotopic (exact) mass is 330 g/mol. The Bertz CT molecular complexity index is 574. The number of aliphatic hydroxyl groups excluding tert-OH is 1. The summed E-state index contributed by atoms with van der Waals surface area (Å²) < 4.78 is 0. The van der Waals surface area contributed by atoms with Gasteiger partial charge in [0.1, 0.15) is 5.01 Å². The third-order valence-electron chi connectivity index (χ3n) is 2.84. The van der Waals surface area contributed by atoms with Crippen LogP contribution in [-0.4, -0.2) is 23.2 Å². The lowest BCUT2D eigenvalue weighted by Gasteiger charge is -2.07. The number of nitrogens with one attached hydrogen (secondary N) is 1. The molecule has 1 heterocycles. The predicted molar refractivity (Wildman–Crippen MR) is 85.5 cm³/mol. The Hall–Kier alpha value is -0.650. The average Bonchev–Trinajstić information content (AvgIpc) is 2.90. The number of hydrogen-bond donors (Lipinski definition) is 2. The summed E-state index contributed by atoms with van der Waals surface area (Å²) in [6.07, 6.45) is 0. The van der Waals surface area contributed by atoms with Gasteiger partial charge in [0, 0.05) is 35.7 Å². The molecule has 0 radical (unpaired) electrons. The van der Waals surface area contributed by atoms with Crippen molar-refractivity contribution in [1.29, 1.82) is 0 Å². The van der Waals surface area contributed by atoms with Crippen molar-refractivity contribution in [3.8, 4) is 11.3 Å². The van der Waals surface area contributed by atoms with Gasteiger partial charge in [0.05, 0.1) is 10.7 Å². The van der Waals surface area contributed by atoms with Crippen LogP contribution in [0.2, 0.25) is 10.0 Å². The first-order valence-corrected chi connectivity index (χ1v) is 7.95. The van der Waals surface area contributed by atoms with E-state index in [4.69, 9.17) is 28.3 Å². The molecule has 1 aromatic heterocycles. The number of benzene rings is 1. The Morgan fingerprint density at radius 1 is 1.40 bits per heavy atom. The molecule has 1 atom stereocenters. The minimum absolute atomic E-state index is 0.189. The summed E-state index contributed by atoms with van der Waals surface area (Å²) in [5, 5.41) is 16.5. The maximum absolute atomic E-state index is 8.96. The molecule has 0 saturated carbocycles. The van der Waals surface area contributed by atoms with Crippen molar-refractivity contribution in [3.05, 3.63) is 38.6 Å². The number of rotatable bonds is 6. The van der Waals surface area contributed by atoms with Gasteiger partial charge in [0.15, 0.2) is 0 Å². The molecule has 0 aliphatic heterocycles. The van der Waals surface area contributed by atoms with Crippen LogP contribution in [0.25, 0.3) is 11.3 Å². The molecule has 0 spiro atoms. The van der Waals surface area contributed by atoms with E-state index < -0.39 is 0 Å². The van der Waals surface area contributed by atoms with E-state index in [0.717, 1.165) is 22.8 Å². The van der Waals surface area contributed by atoms with E-state index in [1.807, 2.05) is 18.4 Å². The fraction of sp³-hybridized carbons (Fsp3) is 0.357. The van der Waals surface area contributed by atoms with Crippen LogP contribution >= 0.6 is 34.5 Å². The second-order valence-electron chi connectivity index (χ2n) is 4.67. The normalized spacial score (nSPS) is 12.6. The number of halogens is 2. The van der Waals surface area contributed by atoms with Gasteiger partial charge >= 0.3 is 0 Å². The Morgan fingerprint density at radius 2 is 2.20 bits per heavy atom. The first-order chi connectivity index (χ1) is 9.60. The summed E-state index contributed by atoms with van der Waals surface area (Å²) in [7, 11) is 0. The molecule has 0 bridgehead atoms. The van der Waals surface area contributed by atoms with Gasteiger partial charge in [-0.2, -0.15) is 0 Å². The lowest BCUT2D eigenvalue weighted by molar-refractivity contribution is 0.233. The minimum Gasteiger partial charge on any atom is -0.396 e. The molecule has 2 rings (SSSR count). The van der Waals surface area contributed by atoms with Crippen molar-refractivity contribution < 1.29 is 5.11 Å². The van der Waals surface area contributed by atoms with Crippen molar-refractivity contribution in [2.75, 3.05) is 13.2 Å². The van der Waals surface area contributed by atoms with E-state index in [2.05, 4.69) is 10.3 Å². The van der Waals surface area contributed by atoms with Crippen molar-refractivity contribution in [1.82, 2.24) is 10.3 Å². The summed E-state index contributed by atoms with van der Waals surface area (Å²) in [5.74, 6) is 0.247. The highest BCUT2D eigenvalue weighted by atomic mass is 35.5. The van der Waals surface area contributed by atoms with Crippen molar-refractivity contribution in [3.63, 3.8) is 0 Å². The third kappa shape index (κ3) is 4.17. The number of thiazole rings is 1. The summed E-state index contributed by atoms with van der Waals surface area (Å²) in [5.41, 5.74) is 1.69. The van der Waals surface area contributed by atoms with E-state index in [1.54, 1.807) is 23.5 Å². The summed E-state index contributed by atoms with van der Waals surface area (Å²) in [6.45, 7) is 3.64. The number of hydrogen-bond acceptors (Lipinski definition) is 4. The molecule has 1 unspecified atom stereocenters. The van der Waals surface area contributed by atoms with Gasteiger partial charge in [0.25, 0.3) is 0 Å². The first kappa shape index (κ1) is 15.7. The van der Waals surface area contributed by atoms with Crippen molar-refractivity contribution in [2.45, 2.75) is 13.5 Å². The zero-order valence-corrected chi connectivity index (χ0v) is 13.4. The topological polar surface area (TPSA) is 45.1 Å². The standard InChI is InChI=1S/C14H16Cl2N2OS/c1-9(7-19)5-17-6-14-18-13(8-20-14)11-4-10(15)2-3-12(11)16/h2-4,8-9,17,19H,5-7H2,1H3. The Labute approximate surface area is 132 Å².